The van der Waals surface area contributed by atoms with E-state index in [2.05, 4.69) is 78.9 Å². The molecule has 0 aromatic heterocycles. The first-order chi connectivity index (χ1) is 16.3. The summed E-state index contributed by atoms with van der Waals surface area (Å²) in [5.41, 5.74) is 2.63. The summed E-state index contributed by atoms with van der Waals surface area (Å²) in [6, 6.07) is 26.9. The lowest BCUT2D eigenvalue weighted by Gasteiger charge is -2.50. The van der Waals surface area contributed by atoms with Crippen LogP contribution in [0, 0.1) is 0 Å². The Hall–Kier alpha value is -2.63. The van der Waals surface area contributed by atoms with Crippen LogP contribution in [0.2, 0.25) is 0 Å². The number of halogens is 3. The third-order valence-electron chi connectivity index (χ3n) is 7.63. The normalized spacial score (nSPS) is 23.2. The maximum atomic E-state index is 13.1. The van der Waals surface area contributed by atoms with Gasteiger partial charge in [0.15, 0.2) is 0 Å². The average molecular weight is 467 g/mol. The van der Waals surface area contributed by atoms with Crippen LogP contribution in [0.5, 0.6) is 0 Å². The van der Waals surface area contributed by atoms with Crippen LogP contribution in [0.1, 0.15) is 47.9 Å². The number of benzene rings is 3. The molecule has 0 saturated heterocycles. The number of hydrogen-bond donors (Lipinski definition) is 1. The number of rotatable bonds is 7. The molecule has 2 nitrogen and oxygen atoms in total. The highest BCUT2D eigenvalue weighted by atomic mass is 19.4. The Morgan fingerprint density at radius 3 is 1.91 bits per heavy atom. The first-order valence-corrected chi connectivity index (χ1v) is 11.9. The zero-order valence-electron chi connectivity index (χ0n) is 19.9. The third-order valence-corrected chi connectivity index (χ3v) is 7.63. The van der Waals surface area contributed by atoms with E-state index in [4.69, 9.17) is 0 Å². The molecule has 1 saturated carbocycles. The molecule has 0 spiro atoms. The molecule has 5 heteroatoms. The van der Waals surface area contributed by atoms with Crippen LogP contribution in [0.4, 0.5) is 13.2 Å². The monoisotopic (exact) mass is 466 g/mol. The van der Waals surface area contributed by atoms with E-state index in [-0.39, 0.29) is 11.0 Å². The second-order valence-corrected chi connectivity index (χ2v) is 9.74. The molecule has 1 N–H and O–H groups in total. The highest BCUT2D eigenvalue weighted by molar-refractivity contribution is 5.32. The first-order valence-electron chi connectivity index (χ1n) is 11.9. The summed E-state index contributed by atoms with van der Waals surface area (Å²) in [6.07, 6.45) is -0.286. The Morgan fingerprint density at radius 1 is 0.765 bits per heavy atom. The van der Waals surface area contributed by atoms with Crippen molar-refractivity contribution in [1.82, 2.24) is 10.2 Å². The highest BCUT2D eigenvalue weighted by Gasteiger charge is 2.45. The van der Waals surface area contributed by atoms with Crippen molar-refractivity contribution in [2.45, 2.75) is 49.4 Å². The molecule has 3 aromatic carbocycles. The average Bonchev–Trinajstić information content (AvgIpc) is 2.85. The Labute approximate surface area is 200 Å². The lowest BCUT2D eigenvalue weighted by molar-refractivity contribution is -0.137. The van der Waals surface area contributed by atoms with E-state index in [0.29, 0.717) is 12.1 Å². The van der Waals surface area contributed by atoms with Gasteiger partial charge >= 0.3 is 6.18 Å². The predicted molar refractivity (Wildman–Crippen MR) is 132 cm³/mol. The van der Waals surface area contributed by atoms with Crippen LogP contribution >= 0.6 is 0 Å². The molecule has 0 aliphatic heterocycles. The molecule has 0 amide bonds. The molecule has 1 aliphatic rings. The molecule has 0 radical (unpaired) electrons. The van der Waals surface area contributed by atoms with Gasteiger partial charge in [-0.25, -0.2) is 0 Å². The minimum atomic E-state index is -4.32. The van der Waals surface area contributed by atoms with Gasteiger partial charge in [-0.3, -0.25) is 4.90 Å². The van der Waals surface area contributed by atoms with Gasteiger partial charge in [-0.15, -0.1) is 0 Å². The van der Waals surface area contributed by atoms with Crippen molar-refractivity contribution in [3.05, 3.63) is 107 Å². The van der Waals surface area contributed by atoms with Crippen molar-refractivity contribution < 1.29 is 13.2 Å². The number of alkyl halides is 3. The minimum absolute atomic E-state index is 0.0133. The fraction of sp³-hybridized carbons (Fsp3) is 0.379. The zero-order chi connectivity index (χ0) is 24.2. The molecule has 1 fully saturated rings. The second kappa shape index (κ2) is 9.93. The first kappa shape index (κ1) is 24.5. The molecule has 180 valence electrons. The Morgan fingerprint density at radius 2 is 1.35 bits per heavy atom. The van der Waals surface area contributed by atoms with E-state index in [1.165, 1.54) is 23.3 Å². The van der Waals surface area contributed by atoms with Crippen LogP contribution in [0.3, 0.4) is 0 Å². The van der Waals surface area contributed by atoms with Gasteiger partial charge in [0.2, 0.25) is 0 Å². The number of hydrogen-bond acceptors (Lipinski definition) is 2. The molecule has 0 atom stereocenters. The fourth-order valence-electron chi connectivity index (χ4n) is 5.55. The third kappa shape index (κ3) is 5.06. The Bertz CT molecular complexity index is 1050. The number of nitrogens with zero attached hydrogens (tertiary/aromatic N) is 1. The minimum Gasteiger partial charge on any atom is -0.312 e. The van der Waals surface area contributed by atoms with Gasteiger partial charge in [0, 0.05) is 24.0 Å². The van der Waals surface area contributed by atoms with Crippen molar-refractivity contribution in [2.24, 2.45) is 0 Å². The molecular formula is C29H33F3N2. The van der Waals surface area contributed by atoms with E-state index in [0.717, 1.165) is 38.3 Å². The van der Waals surface area contributed by atoms with E-state index >= 15 is 0 Å². The summed E-state index contributed by atoms with van der Waals surface area (Å²) < 4.78 is 39.4. The van der Waals surface area contributed by atoms with E-state index in [9.17, 15) is 13.2 Å². The van der Waals surface area contributed by atoms with Crippen molar-refractivity contribution in [1.29, 1.82) is 0 Å². The zero-order valence-corrected chi connectivity index (χ0v) is 19.9. The van der Waals surface area contributed by atoms with Crippen molar-refractivity contribution >= 4 is 0 Å². The summed E-state index contributed by atoms with van der Waals surface area (Å²) in [6.45, 7) is 1.14. The highest BCUT2D eigenvalue weighted by Crippen LogP contribution is 2.49. The smallest absolute Gasteiger partial charge is 0.312 e. The summed E-state index contributed by atoms with van der Waals surface area (Å²) in [4.78, 5) is 2.35. The van der Waals surface area contributed by atoms with Crippen molar-refractivity contribution in [2.75, 3.05) is 20.6 Å². The van der Waals surface area contributed by atoms with Gasteiger partial charge in [-0.05, 0) is 62.5 Å². The van der Waals surface area contributed by atoms with Crippen LogP contribution in [-0.2, 0) is 23.7 Å². The predicted octanol–water partition coefficient (Wildman–Crippen LogP) is 6.76. The molecule has 0 heterocycles. The van der Waals surface area contributed by atoms with E-state index in [1.54, 1.807) is 6.07 Å². The largest absolute Gasteiger partial charge is 0.416 e. The molecular weight excluding hydrogens is 433 g/mol. The lowest BCUT2D eigenvalue weighted by Crippen LogP contribution is -2.50. The van der Waals surface area contributed by atoms with E-state index in [1.807, 2.05) is 6.07 Å². The summed E-state index contributed by atoms with van der Waals surface area (Å²) in [5.74, 6) is 0. The van der Waals surface area contributed by atoms with Crippen molar-refractivity contribution in [3.8, 4) is 0 Å². The molecule has 0 unspecified atom stereocenters. The van der Waals surface area contributed by atoms with Crippen LogP contribution in [0.25, 0.3) is 0 Å². The summed E-state index contributed by atoms with van der Waals surface area (Å²) >= 11 is 0. The molecule has 34 heavy (non-hydrogen) atoms. The Kier molecular flexibility index (Phi) is 7.15. The second-order valence-electron chi connectivity index (χ2n) is 9.74. The van der Waals surface area contributed by atoms with Gasteiger partial charge in [-0.1, -0.05) is 78.9 Å². The standard InChI is InChI=1S/C29H33F3N2/c1-34(2)28(25-13-7-4-8-14-25)18-16-27(17-19-28,24-11-5-3-6-12-24)22-33-21-23-10-9-15-26(20-23)29(30,31)32/h3-15,20,33H,16-19,21-22H2,1-2H3. The fourth-order valence-corrected chi connectivity index (χ4v) is 5.55. The van der Waals surface area contributed by atoms with Crippen LogP contribution < -0.4 is 5.32 Å². The summed E-state index contributed by atoms with van der Waals surface area (Å²) in [7, 11) is 4.32. The van der Waals surface area contributed by atoms with Gasteiger partial charge in [0.25, 0.3) is 0 Å². The molecule has 3 aromatic rings. The van der Waals surface area contributed by atoms with Gasteiger partial charge < -0.3 is 5.32 Å². The Balaban J connectivity index is 1.54. The van der Waals surface area contributed by atoms with Crippen LogP contribution in [-0.4, -0.2) is 25.5 Å². The maximum Gasteiger partial charge on any atom is 0.416 e. The number of nitrogens with one attached hydrogen (secondary N) is 1. The van der Waals surface area contributed by atoms with Gasteiger partial charge in [0.05, 0.1) is 5.56 Å². The van der Waals surface area contributed by atoms with Gasteiger partial charge in [0.1, 0.15) is 0 Å². The molecule has 0 bridgehead atoms. The lowest BCUT2D eigenvalue weighted by atomic mass is 9.62. The topological polar surface area (TPSA) is 15.3 Å². The van der Waals surface area contributed by atoms with Crippen molar-refractivity contribution in [3.63, 3.8) is 0 Å². The van der Waals surface area contributed by atoms with Gasteiger partial charge in [-0.2, -0.15) is 13.2 Å². The molecule has 4 rings (SSSR count). The quantitative estimate of drug-likeness (QED) is 0.414. The van der Waals surface area contributed by atoms with Crippen LogP contribution in [0.15, 0.2) is 84.9 Å². The molecule has 1 aliphatic carbocycles. The maximum absolute atomic E-state index is 13.1. The van der Waals surface area contributed by atoms with E-state index < -0.39 is 11.7 Å². The summed E-state index contributed by atoms with van der Waals surface area (Å²) in [5, 5.41) is 3.50. The SMILES string of the molecule is CN(C)C1(c2ccccc2)CCC(CNCc2cccc(C(F)(F)F)c2)(c2ccccc2)CC1.